The van der Waals surface area contributed by atoms with Crippen LogP contribution in [0.25, 0.3) is 0 Å². The van der Waals surface area contributed by atoms with Gasteiger partial charge in [0.1, 0.15) is 11.6 Å². The van der Waals surface area contributed by atoms with Gasteiger partial charge in [-0.3, -0.25) is 0 Å². The fourth-order valence-corrected chi connectivity index (χ4v) is 2.87. The highest BCUT2D eigenvalue weighted by Crippen LogP contribution is 2.30. The number of methoxy groups -OCH3 is 1. The van der Waals surface area contributed by atoms with Crippen LogP contribution in [0.1, 0.15) is 22.3 Å². The van der Waals surface area contributed by atoms with Gasteiger partial charge in [0.15, 0.2) is 0 Å². The first-order valence-electron chi connectivity index (χ1n) is 6.06. The summed E-state index contributed by atoms with van der Waals surface area (Å²) in [5, 5.41) is 6.13. The molecule has 0 bridgehead atoms. The number of rotatable bonds is 5. The van der Waals surface area contributed by atoms with Crippen LogP contribution in [-0.2, 0) is 6.42 Å². The fourth-order valence-electron chi connectivity index (χ4n) is 2.05. The number of hydrogen-bond donors (Lipinski definition) is 1. The maximum Gasteiger partial charge on any atom is 0.131 e. The average molecular weight is 280 g/mol. The minimum absolute atomic E-state index is 0.151. The van der Waals surface area contributed by atoms with Crippen LogP contribution >= 0.6 is 11.3 Å². The first-order valence-corrected chi connectivity index (χ1v) is 6.94. The number of nitrogens with one attached hydrogen (secondary N) is 1. The number of aryl methyl sites for hydroxylation is 1. The van der Waals surface area contributed by atoms with E-state index in [1.807, 2.05) is 19.4 Å². The van der Waals surface area contributed by atoms with Crippen LogP contribution in [0.5, 0.6) is 5.75 Å². The number of likely N-dealkylation sites (N-methyl/N-ethyl adjacent to an activating group) is 1. The van der Waals surface area contributed by atoms with Crippen molar-refractivity contribution in [1.29, 1.82) is 0 Å². The van der Waals surface area contributed by atoms with Crippen LogP contribution in [0, 0.1) is 12.7 Å². The third-order valence-corrected chi connectivity index (χ3v) is 3.96. The van der Waals surface area contributed by atoms with Crippen molar-refractivity contribution in [3.8, 4) is 5.75 Å². The van der Waals surface area contributed by atoms with Gasteiger partial charge in [-0.1, -0.05) is 6.07 Å². The number of aromatic nitrogens is 1. The zero-order chi connectivity index (χ0) is 13.8. The van der Waals surface area contributed by atoms with E-state index in [0.717, 1.165) is 10.7 Å². The smallest absolute Gasteiger partial charge is 0.131 e. The summed E-state index contributed by atoms with van der Waals surface area (Å²) in [6.07, 6.45) is 0.645. The minimum atomic E-state index is -0.257. The van der Waals surface area contributed by atoms with Crippen LogP contribution in [-0.4, -0.2) is 19.1 Å². The maximum atomic E-state index is 14.0. The van der Waals surface area contributed by atoms with E-state index in [2.05, 4.69) is 10.3 Å². The van der Waals surface area contributed by atoms with E-state index in [4.69, 9.17) is 4.74 Å². The maximum absolute atomic E-state index is 14.0. The van der Waals surface area contributed by atoms with Crippen LogP contribution in [0.4, 0.5) is 4.39 Å². The Morgan fingerprint density at radius 1 is 1.47 bits per heavy atom. The third-order valence-electron chi connectivity index (χ3n) is 2.98. The molecule has 1 aromatic heterocycles. The highest BCUT2D eigenvalue weighted by atomic mass is 32.1. The van der Waals surface area contributed by atoms with E-state index in [1.54, 1.807) is 30.6 Å². The van der Waals surface area contributed by atoms with Crippen molar-refractivity contribution in [3.63, 3.8) is 0 Å². The Hall–Kier alpha value is -1.46. The molecule has 1 unspecified atom stereocenters. The first-order chi connectivity index (χ1) is 9.15. The molecular weight excluding hydrogens is 263 g/mol. The minimum Gasteiger partial charge on any atom is -0.496 e. The molecule has 0 fully saturated rings. The normalized spacial score (nSPS) is 12.4. The highest BCUT2D eigenvalue weighted by Gasteiger charge is 2.20. The van der Waals surface area contributed by atoms with Gasteiger partial charge in [-0.15, -0.1) is 11.3 Å². The second-order valence-corrected chi connectivity index (χ2v) is 5.23. The van der Waals surface area contributed by atoms with E-state index in [0.29, 0.717) is 17.7 Å². The third kappa shape index (κ3) is 3.11. The van der Waals surface area contributed by atoms with Crippen molar-refractivity contribution in [2.75, 3.05) is 14.2 Å². The van der Waals surface area contributed by atoms with Gasteiger partial charge in [0.05, 0.1) is 12.1 Å². The van der Waals surface area contributed by atoms with E-state index in [1.165, 1.54) is 6.07 Å². The quantitative estimate of drug-likeness (QED) is 0.914. The molecule has 0 saturated carbocycles. The van der Waals surface area contributed by atoms with Gasteiger partial charge >= 0.3 is 0 Å². The number of thiazole rings is 1. The van der Waals surface area contributed by atoms with Crippen LogP contribution < -0.4 is 10.1 Å². The van der Waals surface area contributed by atoms with Gasteiger partial charge in [-0.2, -0.15) is 0 Å². The molecule has 3 nitrogen and oxygen atoms in total. The summed E-state index contributed by atoms with van der Waals surface area (Å²) in [7, 11) is 3.37. The molecule has 0 radical (unpaired) electrons. The molecule has 2 aromatic rings. The fraction of sp³-hybridized carbons (Fsp3) is 0.357. The standard InChI is InChI=1S/C14H17FN2OS/c1-9-8-19-13(17-9)7-11(16-2)14-10(15)5-4-6-12(14)18-3/h4-6,8,11,16H,7H2,1-3H3. The van der Waals surface area contributed by atoms with Crippen LogP contribution in [0.2, 0.25) is 0 Å². The Morgan fingerprint density at radius 2 is 2.26 bits per heavy atom. The topological polar surface area (TPSA) is 34.2 Å². The lowest BCUT2D eigenvalue weighted by Crippen LogP contribution is -2.21. The Morgan fingerprint density at radius 3 is 2.84 bits per heavy atom. The van der Waals surface area contributed by atoms with Gasteiger partial charge in [-0.05, 0) is 26.1 Å². The van der Waals surface area contributed by atoms with Crippen LogP contribution in [0.15, 0.2) is 23.6 Å². The van der Waals surface area contributed by atoms with Crippen molar-refractivity contribution in [2.24, 2.45) is 0 Å². The lowest BCUT2D eigenvalue weighted by Gasteiger charge is -2.19. The predicted octanol–water partition coefficient (Wildman–Crippen LogP) is 3.10. The Labute approximate surface area is 116 Å². The molecular formula is C14H17FN2OS. The van der Waals surface area contributed by atoms with Crippen LogP contribution in [0.3, 0.4) is 0 Å². The average Bonchev–Trinajstić information content (AvgIpc) is 2.81. The lowest BCUT2D eigenvalue weighted by atomic mass is 10.0. The molecule has 2 rings (SSSR count). The van der Waals surface area contributed by atoms with Gasteiger partial charge < -0.3 is 10.1 Å². The molecule has 5 heteroatoms. The largest absolute Gasteiger partial charge is 0.496 e. The first kappa shape index (κ1) is 14.0. The lowest BCUT2D eigenvalue weighted by molar-refractivity contribution is 0.393. The monoisotopic (exact) mass is 280 g/mol. The van der Waals surface area contributed by atoms with E-state index >= 15 is 0 Å². The molecule has 0 aliphatic heterocycles. The molecule has 0 aliphatic rings. The summed E-state index contributed by atoms with van der Waals surface area (Å²) in [5.41, 5.74) is 1.55. The molecule has 0 aliphatic carbocycles. The summed E-state index contributed by atoms with van der Waals surface area (Å²) in [6.45, 7) is 1.96. The molecule has 1 aromatic carbocycles. The summed E-state index contributed by atoms with van der Waals surface area (Å²) >= 11 is 1.59. The summed E-state index contributed by atoms with van der Waals surface area (Å²) in [4.78, 5) is 4.42. The number of hydrogen-bond acceptors (Lipinski definition) is 4. The van der Waals surface area contributed by atoms with Crippen molar-refractivity contribution in [3.05, 3.63) is 45.7 Å². The second kappa shape index (κ2) is 6.12. The van der Waals surface area contributed by atoms with E-state index in [-0.39, 0.29) is 11.9 Å². The van der Waals surface area contributed by atoms with Crippen molar-refractivity contribution < 1.29 is 9.13 Å². The summed E-state index contributed by atoms with van der Waals surface area (Å²) in [5.74, 6) is 0.305. The molecule has 1 heterocycles. The molecule has 102 valence electrons. The van der Waals surface area contributed by atoms with E-state index < -0.39 is 0 Å². The molecule has 1 N–H and O–H groups in total. The molecule has 0 saturated heterocycles. The second-order valence-electron chi connectivity index (χ2n) is 4.28. The SMILES string of the molecule is CNC(Cc1nc(C)cs1)c1c(F)cccc1OC. The summed E-state index contributed by atoms with van der Waals surface area (Å²) in [6, 6.07) is 4.73. The number of halogens is 1. The van der Waals surface area contributed by atoms with Crippen molar-refractivity contribution >= 4 is 11.3 Å². The summed E-state index contributed by atoms with van der Waals surface area (Å²) < 4.78 is 19.3. The molecule has 0 spiro atoms. The molecule has 19 heavy (non-hydrogen) atoms. The van der Waals surface area contributed by atoms with Gasteiger partial charge in [0, 0.05) is 29.1 Å². The molecule has 0 amide bonds. The van der Waals surface area contributed by atoms with Crippen molar-refractivity contribution in [1.82, 2.24) is 10.3 Å². The van der Waals surface area contributed by atoms with Gasteiger partial charge in [-0.25, -0.2) is 9.37 Å². The predicted molar refractivity (Wildman–Crippen MR) is 75.3 cm³/mol. The Balaban J connectivity index is 2.31. The Kier molecular flexibility index (Phi) is 4.50. The van der Waals surface area contributed by atoms with Gasteiger partial charge in [0.2, 0.25) is 0 Å². The zero-order valence-electron chi connectivity index (χ0n) is 11.2. The Bertz CT molecular complexity index is 556. The molecule has 1 atom stereocenters. The number of ether oxygens (including phenoxy) is 1. The highest BCUT2D eigenvalue weighted by molar-refractivity contribution is 7.09. The van der Waals surface area contributed by atoms with Crippen molar-refractivity contribution in [2.45, 2.75) is 19.4 Å². The van der Waals surface area contributed by atoms with E-state index in [9.17, 15) is 4.39 Å². The number of nitrogens with zero attached hydrogens (tertiary/aromatic N) is 1. The number of benzene rings is 1. The zero-order valence-corrected chi connectivity index (χ0v) is 12.1. The van der Waals surface area contributed by atoms with Gasteiger partial charge in [0.25, 0.3) is 0 Å².